The summed E-state index contributed by atoms with van der Waals surface area (Å²) in [5.41, 5.74) is 5.05. The van der Waals surface area contributed by atoms with Gasteiger partial charge in [-0.25, -0.2) is 4.79 Å². The number of hydrogen-bond acceptors (Lipinski definition) is 5. The molecule has 0 aliphatic heterocycles. The molecule has 0 fully saturated rings. The van der Waals surface area contributed by atoms with E-state index in [2.05, 4.69) is 0 Å². The Hall–Kier alpha value is -5.36. The Morgan fingerprint density at radius 2 is 1.12 bits per heavy atom. The summed E-state index contributed by atoms with van der Waals surface area (Å²) in [5, 5.41) is 0.641. The third kappa shape index (κ3) is 5.87. The van der Waals surface area contributed by atoms with Crippen molar-refractivity contribution in [3.8, 4) is 28.0 Å². The number of anilines is 1. The van der Waals surface area contributed by atoms with Crippen molar-refractivity contribution in [1.82, 2.24) is 5.23 Å². The van der Waals surface area contributed by atoms with Crippen LogP contribution in [0.5, 0.6) is 5.75 Å². The first kappa shape index (κ1) is 26.3. The number of hydrogen-bond donors (Lipinski definition) is 0. The zero-order valence-electron chi connectivity index (χ0n) is 22.2. The summed E-state index contributed by atoms with van der Waals surface area (Å²) in [6, 6.07) is 40.6. The molecule has 0 atom stereocenters. The number of amides is 1. The monoisotopic (exact) mass is 528 g/mol. The highest BCUT2D eigenvalue weighted by Gasteiger charge is 2.26. The van der Waals surface area contributed by atoms with Crippen LogP contribution in [-0.4, -0.2) is 31.2 Å². The van der Waals surface area contributed by atoms with Crippen molar-refractivity contribution in [2.45, 2.75) is 0 Å². The molecular formula is C34H28N2O4. The molecule has 6 nitrogen and oxygen atoms in total. The molecule has 0 N–H and O–H groups in total. The Balaban J connectivity index is 1.49. The Kier molecular flexibility index (Phi) is 7.88. The lowest BCUT2D eigenvalue weighted by molar-refractivity contribution is -0.235. The molecule has 0 heterocycles. The maximum Gasteiger partial charge on any atom is 0.367 e. The molecule has 5 aromatic carbocycles. The summed E-state index contributed by atoms with van der Waals surface area (Å²) in [5.74, 6) is -1.01. The van der Waals surface area contributed by atoms with Crippen LogP contribution in [0.2, 0.25) is 0 Å². The normalized spacial score (nSPS) is 10.4. The molecule has 1 amide bonds. The number of nitrogens with zero attached hydrogens (tertiary/aromatic N) is 2. The van der Waals surface area contributed by atoms with Crippen LogP contribution < -0.4 is 9.74 Å². The van der Waals surface area contributed by atoms with E-state index in [1.54, 1.807) is 48.5 Å². The third-order valence-electron chi connectivity index (χ3n) is 6.34. The second-order valence-corrected chi connectivity index (χ2v) is 9.24. The van der Waals surface area contributed by atoms with Crippen LogP contribution in [0.4, 0.5) is 5.69 Å². The van der Waals surface area contributed by atoms with Gasteiger partial charge in [0.05, 0.1) is 5.56 Å². The highest BCUT2D eigenvalue weighted by Crippen LogP contribution is 2.34. The predicted molar refractivity (Wildman–Crippen MR) is 157 cm³/mol. The fourth-order valence-electron chi connectivity index (χ4n) is 4.29. The molecular weight excluding hydrogens is 500 g/mol. The topological polar surface area (TPSA) is 59.1 Å². The van der Waals surface area contributed by atoms with Crippen LogP contribution in [0.1, 0.15) is 20.7 Å². The van der Waals surface area contributed by atoms with E-state index in [9.17, 15) is 9.59 Å². The number of carbonyl (C=O) groups excluding carboxylic acids is 2. The first-order valence-electron chi connectivity index (χ1n) is 12.8. The predicted octanol–water partition coefficient (Wildman–Crippen LogP) is 7.29. The lowest BCUT2D eigenvalue weighted by Gasteiger charge is -2.21. The first-order valence-corrected chi connectivity index (χ1v) is 12.8. The lowest BCUT2D eigenvalue weighted by atomic mass is 9.92. The molecule has 0 aromatic heterocycles. The van der Waals surface area contributed by atoms with Crippen molar-refractivity contribution < 1.29 is 19.3 Å². The van der Waals surface area contributed by atoms with Gasteiger partial charge in [-0.2, -0.15) is 0 Å². The van der Waals surface area contributed by atoms with Crippen LogP contribution in [0.15, 0.2) is 133 Å². The zero-order valence-corrected chi connectivity index (χ0v) is 22.2. The maximum atomic E-state index is 13.7. The second kappa shape index (κ2) is 12.0. The van der Waals surface area contributed by atoms with Gasteiger partial charge < -0.3 is 9.74 Å². The summed E-state index contributed by atoms with van der Waals surface area (Å²) in [6.07, 6.45) is 0. The number of rotatable bonds is 7. The third-order valence-corrected chi connectivity index (χ3v) is 6.34. The number of carbonyl (C=O) groups is 2. The largest absolute Gasteiger partial charge is 0.378 e. The minimum absolute atomic E-state index is 0.295. The molecule has 6 heteroatoms. The van der Waals surface area contributed by atoms with Gasteiger partial charge >= 0.3 is 11.9 Å². The Labute approximate surface area is 233 Å². The highest BCUT2D eigenvalue weighted by molar-refractivity contribution is 6.01. The molecule has 0 spiro atoms. The number of benzene rings is 5. The van der Waals surface area contributed by atoms with E-state index in [-0.39, 0.29) is 0 Å². The molecule has 0 unspecified atom stereocenters. The average Bonchev–Trinajstić information content (AvgIpc) is 3.01. The fourth-order valence-corrected chi connectivity index (χ4v) is 4.29. The molecule has 5 aromatic rings. The molecule has 0 saturated carbocycles. The molecule has 198 valence electrons. The number of hydroxylamine groups is 2. The van der Waals surface area contributed by atoms with Crippen LogP contribution in [0, 0.1) is 0 Å². The highest BCUT2D eigenvalue weighted by atomic mass is 17.0. The van der Waals surface area contributed by atoms with Crippen molar-refractivity contribution in [1.29, 1.82) is 0 Å². The van der Waals surface area contributed by atoms with Gasteiger partial charge in [0.1, 0.15) is 0 Å². The minimum Gasteiger partial charge on any atom is -0.378 e. The number of para-hydroxylation sites is 1. The summed E-state index contributed by atoms with van der Waals surface area (Å²) in [6.45, 7) is 0. The summed E-state index contributed by atoms with van der Waals surface area (Å²) >= 11 is 0. The van der Waals surface area contributed by atoms with Crippen LogP contribution in [0.3, 0.4) is 0 Å². The van der Waals surface area contributed by atoms with E-state index in [0.29, 0.717) is 27.7 Å². The fraction of sp³-hybridized carbons (Fsp3) is 0.0588. The molecule has 0 bridgehead atoms. The summed E-state index contributed by atoms with van der Waals surface area (Å²) < 4.78 is 0. The molecule has 0 radical (unpaired) electrons. The van der Waals surface area contributed by atoms with Crippen LogP contribution >= 0.6 is 0 Å². The van der Waals surface area contributed by atoms with Crippen molar-refractivity contribution in [3.05, 3.63) is 145 Å². The average molecular weight is 529 g/mol. The van der Waals surface area contributed by atoms with Gasteiger partial charge in [0.15, 0.2) is 5.75 Å². The van der Waals surface area contributed by atoms with E-state index >= 15 is 0 Å². The second-order valence-electron chi connectivity index (χ2n) is 9.24. The van der Waals surface area contributed by atoms with Crippen molar-refractivity contribution in [2.75, 3.05) is 19.0 Å². The molecule has 40 heavy (non-hydrogen) atoms. The van der Waals surface area contributed by atoms with Gasteiger partial charge in [0, 0.05) is 30.6 Å². The van der Waals surface area contributed by atoms with Crippen molar-refractivity contribution in [3.63, 3.8) is 0 Å². The first-order chi connectivity index (χ1) is 19.5. The summed E-state index contributed by atoms with van der Waals surface area (Å²) in [4.78, 5) is 40.5. The molecule has 0 aliphatic carbocycles. The Bertz CT molecular complexity index is 1600. The van der Waals surface area contributed by atoms with Gasteiger partial charge in [0.2, 0.25) is 0 Å². The van der Waals surface area contributed by atoms with Gasteiger partial charge in [-0.3, -0.25) is 9.63 Å². The quantitative estimate of drug-likeness (QED) is 0.208. The Morgan fingerprint density at radius 1 is 0.575 bits per heavy atom. The van der Waals surface area contributed by atoms with Crippen molar-refractivity contribution in [2.24, 2.45) is 0 Å². The lowest BCUT2D eigenvalue weighted by Crippen LogP contribution is -2.36. The van der Waals surface area contributed by atoms with Gasteiger partial charge in [0.25, 0.3) is 0 Å². The van der Waals surface area contributed by atoms with E-state index in [4.69, 9.17) is 9.68 Å². The summed E-state index contributed by atoms with van der Waals surface area (Å²) in [7, 11) is 3.83. The molecule has 0 aliphatic rings. The minimum atomic E-state index is -0.729. The smallest absolute Gasteiger partial charge is 0.367 e. The zero-order chi connectivity index (χ0) is 27.9. The molecule has 5 rings (SSSR count). The van der Waals surface area contributed by atoms with Gasteiger partial charge in [-0.1, -0.05) is 91.0 Å². The van der Waals surface area contributed by atoms with Crippen LogP contribution in [-0.2, 0) is 4.84 Å². The van der Waals surface area contributed by atoms with Crippen LogP contribution in [0.25, 0.3) is 22.3 Å². The van der Waals surface area contributed by atoms with E-state index < -0.39 is 11.9 Å². The SMILES string of the molecule is CN(C)c1ccc(C(=O)N(OC(=O)c2ccccc2-c2ccccc2-c2ccccc2)Oc2ccccc2)cc1. The molecule has 0 saturated heterocycles. The van der Waals surface area contributed by atoms with E-state index in [1.165, 1.54) is 0 Å². The van der Waals surface area contributed by atoms with Crippen molar-refractivity contribution >= 4 is 17.6 Å². The Morgan fingerprint density at radius 3 is 1.77 bits per heavy atom. The maximum absolute atomic E-state index is 13.7. The van der Waals surface area contributed by atoms with Gasteiger partial charge in [-0.15, -0.1) is 0 Å². The van der Waals surface area contributed by atoms with E-state index in [1.807, 2.05) is 104 Å². The van der Waals surface area contributed by atoms with E-state index in [0.717, 1.165) is 22.4 Å². The standard InChI is InChI=1S/C34H28N2O4/c1-35(2)27-23-21-26(22-24-27)33(37)36(39-28-15-7-4-8-16-28)40-34(38)32-20-12-11-19-31(32)30-18-10-9-17-29(30)25-13-5-3-6-14-25/h3-24H,1-2H3. The van der Waals surface area contributed by atoms with Gasteiger partial charge in [-0.05, 0) is 64.7 Å².